The number of aliphatic carboxylic acids is 1. The molecule has 1 rings (SSSR count). The average Bonchev–Trinajstić information content (AvgIpc) is 2.84. The first-order valence-corrected chi connectivity index (χ1v) is 14.0. The molecule has 42 heavy (non-hydrogen) atoms. The number of carbonyl (C=O) groups is 4. The van der Waals surface area contributed by atoms with Crippen molar-refractivity contribution in [1.29, 1.82) is 0 Å². The van der Waals surface area contributed by atoms with E-state index in [1.807, 2.05) is 48.5 Å². The molecule has 12 heteroatoms. The summed E-state index contributed by atoms with van der Waals surface area (Å²) in [7, 11) is 0. The minimum Gasteiger partial charge on any atom is -0.480 e. The lowest BCUT2D eigenvalue weighted by atomic mass is 9.86. The summed E-state index contributed by atoms with van der Waals surface area (Å²) in [5.41, 5.74) is 4.08. The van der Waals surface area contributed by atoms with Gasteiger partial charge in [0.05, 0.1) is 19.8 Å². The molecule has 1 aromatic carbocycles. The average molecular weight is 598 g/mol. The molecule has 0 fully saturated rings. The third kappa shape index (κ3) is 14.9. The molecule has 0 aliphatic rings. The zero-order chi connectivity index (χ0) is 32.1. The Bertz CT molecular complexity index is 1060. The van der Waals surface area contributed by atoms with Crippen molar-refractivity contribution >= 4 is 24.4 Å². The van der Waals surface area contributed by atoms with Gasteiger partial charge in [-0.2, -0.15) is 0 Å². The number of nitrogens with two attached hydrogens (primary N) is 1. The summed E-state index contributed by atoms with van der Waals surface area (Å²) >= 11 is 0. The number of ether oxygens (including phenoxy) is 6. The van der Waals surface area contributed by atoms with Crippen molar-refractivity contribution < 1.29 is 52.7 Å². The van der Waals surface area contributed by atoms with E-state index in [1.54, 1.807) is 0 Å². The zero-order valence-corrected chi connectivity index (χ0v) is 26.1. The van der Waals surface area contributed by atoms with Crippen molar-refractivity contribution in [2.24, 2.45) is 16.6 Å². The maximum Gasteiger partial charge on any atom is 0.513 e. The topological polar surface area (TPSA) is 170 Å². The van der Waals surface area contributed by atoms with Gasteiger partial charge in [-0.1, -0.05) is 67.4 Å². The van der Waals surface area contributed by atoms with E-state index in [4.69, 9.17) is 34.2 Å². The van der Waals surface area contributed by atoms with Crippen LogP contribution in [0, 0.1) is 10.8 Å². The van der Waals surface area contributed by atoms with Crippen LogP contribution in [-0.2, 0) is 30.2 Å². The number of rotatable bonds is 14. The van der Waals surface area contributed by atoms with Crippen LogP contribution in [0.2, 0.25) is 0 Å². The molecule has 0 aliphatic carbocycles. The van der Waals surface area contributed by atoms with Crippen LogP contribution in [0.15, 0.2) is 18.2 Å². The molecule has 1 aromatic rings. The van der Waals surface area contributed by atoms with E-state index in [2.05, 4.69) is 0 Å². The number of carbonyl (C=O) groups excluding carboxylic acids is 3. The third-order valence-corrected chi connectivity index (χ3v) is 5.50. The molecule has 0 bridgehead atoms. The summed E-state index contributed by atoms with van der Waals surface area (Å²) < 4.78 is 31.1. The second kappa shape index (κ2) is 16.2. The summed E-state index contributed by atoms with van der Waals surface area (Å²) in [6.07, 6.45) is -1.79. The number of carboxylic acid groups (broad SMARTS) is 1. The van der Waals surface area contributed by atoms with Gasteiger partial charge in [0.2, 0.25) is 0 Å². The van der Waals surface area contributed by atoms with Gasteiger partial charge in [0, 0.05) is 12.8 Å². The zero-order valence-electron chi connectivity index (χ0n) is 26.1. The maximum absolute atomic E-state index is 12.4. The Labute approximate surface area is 248 Å². The molecule has 0 heterocycles. The summed E-state index contributed by atoms with van der Waals surface area (Å²) in [4.78, 5) is 48.9. The fourth-order valence-corrected chi connectivity index (χ4v) is 3.48. The first kappa shape index (κ1) is 36.5. The molecule has 0 saturated carbocycles. The number of carboxylic acids is 1. The van der Waals surface area contributed by atoms with Crippen molar-refractivity contribution in [3.8, 4) is 11.5 Å². The number of benzene rings is 1. The molecule has 0 spiro atoms. The molecule has 2 atom stereocenters. The van der Waals surface area contributed by atoms with Gasteiger partial charge in [-0.25, -0.2) is 14.4 Å². The van der Waals surface area contributed by atoms with E-state index in [0.29, 0.717) is 12.0 Å². The monoisotopic (exact) mass is 597 g/mol. The van der Waals surface area contributed by atoms with E-state index >= 15 is 0 Å². The lowest BCUT2D eigenvalue weighted by Crippen LogP contribution is -2.52. The fraction of sp³-hybridized carbons (Fsp3) is 0.667. The first-order valence-electron chi connectivity index (χ1n) is 14.0. The third-order valence-electron chi connectivity index (χ3n) is 5.50. The van der Waals surface area contributed by atoms with Crippen molar-refractivity contribution in [2.45, 2.75) is 99.1 Å². The van der Waals surface area contributed by atoms with Crippen molar-refractivity contribution in [1.82, 2.24) is 0 Å². The fourth-order valence-electron chi connectivity index (χ4n) is 3.48. The summed E-state index contributed by atoms with van der Waals surface area (Å²) in [5, 5.41) is 9.95. The molecule has 1 unspecified atom stereocenters. The Morgan fingerprint density at radius 1 is 0.833 bits per heavy atom. The summed E-state index contributed by atoms with van der Waals surface area (Å²) in [6.45, 7) is 15.1. The predicted molar refractivity (Wildman–Crippen MR) is 154 cm³/mol. The minimum absolute atomic E-state index is 0.0548. The standard InChI is InChI=1S/C30H47NO11/c1-9-10-11-14-37-25(34)40-20(2)16-30(31,24(32)33)17-21-12-13-22(41-26(35)38-18-28(3,4)5)23(15-21)42-27(36)39-19-29(6,7)8/h12-13,15,20H,9-11,14,16-19,31H2,1-8H3,(H,32,33)/t20-,30?/m0/s1. The molecule has 0 aromatic heterocycles. The van der Waals surface area contributed by atoms with Gasteiger partial charge in [0.1, 0.15) is 11.6 Å². The first-order chi connectivity index (χ1) is 19.3. The normalized spacial score (nSPS) is 13.7. The van der Waals surface area contributed by atoms with Gasteiger partial charge in [-0.3, -0.25) is 4.79 Å². The van der Waals surface area contributed by atoms with Gasteiger partial charge in [-0.15, -0.1) is 0 Å². The smallest absolute Gasteiger partial charge is 0.480 e. The SMILES string of the molecule is CCCCCOC(=O)O[C@@H](C)CC(N)(Cc1ccc(OC(=O)OCC(C)(C)C)c(OC(=O)OCC(C)(C)C)c1)C(=O)O. The summed E-state index contributed by atoms with van der Waals surface area (Å²) in [5.74, 6) is -1.69. The molecule has 0 saturated heterocycles. The van der Waals surface area contributed by atoms with Crippen LogP contribution in [0.5, 0.6) is 11.5 Å². The second-order valence-corrected chi connectivity index (χ2v) is 12.8. The lowest BCUT2D eigenvalue weighted by molar-refractivity contribution is -0.144. The Morgan fingerprint density at radius 2 is 1.38 bits per heavy atom. The van der Waals surface area contributed by atoms with E-state index in [0.717, 1.165) is 12.8 Å². The largest absolute Gasteiger partial charge is 0.513 e. The van der Waals surface area contributed by atoms with Gasteiger partial charge < -0.3 is 39.3 Å². The molecule has 238 valence electrons. The molecular formula is C30H47NO11. The van der Waals surface area contributed by atoms with E-state index in [-0.39, 0.29) is 55.0 Å². The highest BCUT2D eigenvalue weighted by atomic mass is 16.7. The molecule has 0 aliphatic heterocycles. The van der Waals surface area contributed by atoms with E-state index < -0.39 is 36.1 Å². The highest BCUT2D eigenvalue weighted by molar-refractivity contribution is 5.79. The highest BCUT2D eigenvalue weighted by Gasteiger charge is 2.37. The maximum atomic E-state index is 12.4. The van der Waals surface area contributed by atoms with Crippen molar-refractivity contribution in [2.75, 3.05) is 19.8 Å². The molecular weight excluding hydrogens is 550 g/mol. The number of unbranched alkanes of at least 4 members (excludes halogenated alkanes) is 2. The van der Waals surface area contributed by atoms with Gasteiger partial charge in [-0.05, 0) is 41.9 Å². The highest BCUT2D eigenvalue weighted by Crippen LogP contribution is 2.32. The Morgan fingerprint density at radius 3 is 1.88 bits per heavy atom. The Kier molecular flexibility index (Phi) is 14.1. The van der Waals surface area contributed by atoms with Crippen LogP contribution in [0.4, 0.5) is 14.4 Å². The molecule has 3 N–H and O–H groups in total. The van der Waals surface area contributed by atoms with Crippen LogP contribution in [-0.4, -0.2) is 61.0 Å². The van der Waals surface area contributed by atoms with Crippen LogP contribution in [0.3, 0.4) is 0 Å². The van der Waals surface area contributed by atoms with E-state index in [1.165, 1.54) is 25.1 Å². The van der Waals surface area contributed by atoms with Gasteiger partial charge in [0.25, 0.3) is 0 Å². The number of hydrogen-bond acceptors (Lipinski definition) is 11. The minimum atomic E-state index is -1.88. The number of hydrogen-bond donors (Lipinski definition) is 2. The van der Waals surface area contributed by atoms with Crippen LogP contribution < -0.4 is 15.2 Å². The Hall–Kier alpha value is -3.54. The summed E-state index contributed by atoms with van der Waals surface area (Å²) in [6, 6.07) is 4.12. The predicted octanol–water partition coefficient (Wildman–Crippen LogP) is 6.26. The second-order valence-electron chi connectivity index (χ2n) is 12.8. The lowest BCUT2D eigenvalue weighted by Gasteiger charge is -2.28. The quantitative estimate of drug-likeness (QED) is 0.107. The van der Waals surface area contributed by atoms with Crippen LogP contribution >= 0.6 is 0 Å². The van der Waals surface area contributed by atoms with Crippen molar-refractivity contribution in [3.05, 3.63) is 23.8 Å². The van der Waals surface area contributed by atoms with Gasteiger partial charge >= 0.3 is 24.4 Å². The molecule has 12 nitrogen and oxygen atoms in total. The van der Waals surface area contributed by atoms with Crippen molar-refractivity contribution in [3.63, 3.8) is 0 Å². The Balaban J connectivity index is 3.12. The van der Waals surface area contributed by atoms with Crippen LogP contribution in [0.1, 0.15) is 86.6 Å². The van der Waals surface area contributed by atoms with Gasteiger partial charge in [0.15, 0.2) is 11.5 Å². The van der Waals surface area contributed by atoms with Crippen LogP contribution in [0.25, 0.3) is 0 Å². The molecule has 0 radical (unpaired) electrons. The van der Waals surface area contributed by atoms with E-state index in [9.17, 15) is 24.3 Å². The molecule has 0 amide bonds.